The molecule has 0 unspecified atom stereocenters. The summed E-state index contributed by atoms with van der Waals surface area (Å²) < 4.78 is 5.58. The van der Waals surface area contributed by atoms with Crippen LogP contribution in [0.25, 0.3) is 0 Å². The van der Waals surface area contributed by atoms with Gasteiger partial charge in [-0.2, -0.15) is 0 Å². The minimum atomic E-state index is -1.02. The van der Waals surface area contributed by atoms with E-state index in [1.54, 1.807) is 0 Å². The highest BCUT2D eigenvalue weighted by Crippen LogP contribution is 2.48. The normalized spacial score (nSPS) is 20.4. The van der Waals surface area contributed by atoms with E-state index in [4.69, 9.17) is 9.84 Å². The number of carboxylic acids is 1. The Kier molecular flexibility index (Phi) is 5.07. The van der Waals surface area contributed by atoms with E-state index in [2.05, 4.69) is 4.98 Å². The van der Waals surface area contributed by atoms with Crippen molar-refractivity contribution < 1.29 is 24.5 Å². The lowest BCUT2D eigenvalue weighted by Gasteiger charge is -2.25. The van der Waals surface area contributed by atoms with Crippen LogP contribution in [0.2, 0.25) is 0 Å². The second-order valence-electron chi connectivity index (χ2n) is 7.37. The van der Waals surface area contributed by atoms with Crippen LogP contribution in [0.1, 0.15) is 47.3 Å². The van der Waals surface area contributed by atoms with Crippen LogP contribution in [-0.2, 0) is 10.2 Å². The van der Waals surface area contributed by atoms with Gasteiger partial charge in [0, 0.05) is 30.0 Å². The van der Waals surface area contributed by atoms with Crippen LogP contribution in [0.4, 0.5) is 5.69 Å². The number of aliphatic hydroxyl groups excluding tert-OH is 1. The summed E-state index contributed by atoms with van der Waals surface area (Å²) in [6.45, 7) is 0.530. The van der Waals surface area contributed by atoms with Crippen LogP contribution in [-0.4, -0.2) is 46.3 Å². The molecule has 2 heterocycles. The average Bonchev–Trinajstić information content (AvgIpc) is 3.20. The third-order valence-electron chi connectivity index (χ3n) is 5.61. The van der Waals surface area contributed by atoms with Gasteiger partial charge in [0.15, 0.2) is 0 Å². The Hall–Kier alpha value is -2.45. The standard InChI is InChI=1S/C20H22N2O5S/c23-12-20(8-9-20)13-1-3-14(4-2-13)22-15(5-6-17(22)24)7-10-27-19-21-11-16(28-19)18(25)26/h1-4,11,15,23H,5-10,12H2,(H,25,26)/t15-/m1/s1. The highest BCUT2D eigenvalue weighted by atomic mass is 32.1. The van der Waals surface area contributed by atoms with Crippen molar-refractivity contribution in [1.29, 1.82) is 0 Å². The van der Waals surface area contributed by atoms with Crippen LogP contribution in [0, 0.1) is 0 Å². The number of ether oxygens (including phenoxy) is 1. The zero-order valence-electron chi connectivity index (χ0n) is 15.3. The first-order valence-electron chi connectivity index (χ1n) is 9.38. The fourth-order valence-corrected chi connectivity index (χ4v) is 4.37. The third-order valence-corrected chi connectivity index (χ3v) is 6.51. The zero-order valence-corrected chi connectivity index (χ0v) is 16.2. The molecule has 7 nitrogen and oxygen atoms in total. The molecule has 0 bridgehead atoms. The summed E-state index contributed by atoms with van der Waals surface area (Å²) in [6.07, 6.45) is 5.22. The van der Waals surface area contributed by atoms with Gasteiger partial charge in [0.2, 0.25) is 5.91 Å². The first-order valence-corrected chi connectivity index (χ1v) is 10.2. The molecule has 0 radical (unpaired) electrons. The van der Waals surface area contributed by atoms with Gasteiger partial charge in [-0.1, -0.05) is 23.5 Å². The third kappa shape index (κ3) is 3.62. The maximum atomic E-state index is 12.4. The van der Waals surface area contributed by atoms with Gasteiger partial charge in [0.25, 0.3) is 5.19 Å². The summed E-state index contributed by atoms with van der Waals surface area (Å²) in [7, 11) is 0. The van der Waals surface area contributed by atoms with Crippen LogP contribution < -0.4 is 9.64 Å². The van der Waals surface area contributed by atoms with E-state index in [1.807, 2.05) is 29.2 Å². The van der Waals surface area contributed by atoms with Crippen molar-refractivity contribution in [3.63, 3.8) is 0 Å². The Labute approximate surface area is 166 Å². The summed E-state index contributed by atoms with van der Waals surface area (Å²) in [4.78, 5) is 29.2. The van der Waals surface area contributed by atoms with E-state index in [9.17, 15) is 14.7 Å². The highest BCUT2D eigenvalue weighted by molar-refractivity contribution is 7.15. The predicted molar refractivity (Wildman–Crippen MR) is 104 cm³/mol. The number of rotatable bonds is 8. The number of carbonyl (C=O) groups is 2. The van der Waals surface area contributed by atoms with E-state index in [1.165, 1.54) is 6.20 Å². The quantitative estimate of drug-likeness (QED) is 0.704. The van der Waals surface area contributed by atoms with Gasteiger partial charge in [0.05, 0.1) is 19.4 Å². The first kappa shape index (κ1) is 18.9. The molecule has 1 saturated carbocycles. The second kappa shape index (κ2) is 7.52. The Bertz CT molecular complexity index is 875. The number of amides is 1. The lowest BCUT2D eigenvalue weighted by molar-refractivity contribution is -0.117. The molecule has 148 valence electrons. The van der Waals surface area contributed by atoms with Crippen molar-refractivity contribution in [2.24, 2.45) is 0 Å². The average molecular weight is 402 g/mol. The monoisotopic (exact) mass is 402 g/mol. The predicted octanol–water partition coefficient (Wildman–Crippen LogP) is 2.83. The topological polar surface area (TPSA) is 100.0 Å². The molecule has 1 aliphatic carbocycles. The molecule has 8 heteroatoms. The Morgan fingerprint density at radius 1 is 1.32 bits per heavy atom. The smallest absolute Gasteiger partial charge is 0.347 e. The van der Waals surface area contributed by atoms with E-state index in [-0.39, 0.29) is 28.8 Å². The molecule has 1 aromatic carbocycles. The van der Waals surface area contributed by atoms with Gasteiger partial charge >= 0.3 is 5.97 Å². The summed E-state index contributed by atoms with van der Waals surface area (Å²) >= 11 is 0.999. The summed E-state index contributed by atoms with van der Waals surface area (Å²) in [5.74, 6) is -0.916. The molecule has 2 fully saturated rings. The summed E-state index contributed by atoms with van der Waals surface area (Å²) in [5.41, 5.74) is 1.92. The van der Waals surface area contributed by atoms with E-state index < -0.39 is 5.97 Å². The molecule has 1 aromatic heterocycles. The molecule has 4 rings (SSSR count). The van der Waals surface area contributed by atoms with Gasteiger partial charge in [-0.15, -0.1) is 0 Å². The van der Waals surface area contributed by atoms with Gasteiger partial charge < -0.3 is 19.8 Å². The van der Waals surface area contributed by atoms with Crippen molar-refractivity contribution in [2.45, 2.75) is 43.6 Å². The Morgan fingerprint density at radius 2 is 2.07 bits per heavy atom. The summed E-state index contributed by atoms with van der Waals surface area (Å²) in [5, 5.41) is 18.8. The van der Waals surface area contributed by atoms with Gasteiger partial charge in [-0.3, -0.25) is 4.79 Å². The van der Waals surface area contributed by atoms with Crippen LogP contribution in [0.15, 0.2) is 30.5 Å². The number of aliphatic hydroxyl groups is 1. The van der Waals surface area contributed by atoms with Crippen molar-refractivity contribution in [2.75, 3.05) is 18.1 Å². The number of benzene rings is 1. The van der Waals surface area contributed by atoms with E-state index >= 15 is 0 Å². The minimum absolute atomic E-state index is 0.0463. The first-order chi connectivity index (χ1) is 13.5. The number of nitrogens with zero attached hydrogens (tertiary/aromatic N) is 2. The molecule has 1 atom stereocenters. The van der Waals surface area contributed by atoms with Crippen molar-refractivity contribution in [3.8, 4) is 5.19 Å². The van der Waals surface area contributed by atoms with Crippen LogP contribution in [0.3, 0.4) is 0 Å². The maximum Gasteiger partial charge on any atom is 0.347 e. The number of hydrogen-bond donors (Lipinski definition) is 2. The molecule has 2 aliphatic rings. The molecule has 28 heavy (non-hydrogen) atoms. The fraction of sp³-hybridized carbons (Fsp3) is 0.450. The second-order valence-corrected chi connectivity index (χ2v) is 8.37. The fourth-order valence-electron chi connectivity index (χ4n) is 3.74. The molecule has 1 aliphatic heterocycles. The van der Waals surface area contributed by atoms with Gasteiger partial charge in [-0.25, -0.2) is 9.78 Å². The van der Waals surface area contributed by atoms with E-state index in [0.717, 1.165) is 41.9 Å². The number of carboxylic acid groups (broad SMARTS) is 1. The number of hydrogen-bond acceptors (Lipinski definition) is 6. The molecule has 0 spiro atoms. The maximum absolute atomic E-state index is 12.4. The zero-order chi connectivity index (χ0) is 19.7. The number of thiazole rings is 1. The van der Waals surface area contributed by atoms with Crippen LogP contribution in [0.5, 0.6) is 5.19 Å². The van der Waals surface area contributed by atoms with E-state index in [0.29, 0.717) is 24.6 Å². The van der Waals surface area contributed by atoms with Crippen molar-refractivity contribution in [3.05, 3.63) is 40.9 Å². The Balaban J connectivity index is 1.38. The number of anilines is 1. The number of aromatic nitrogens is 1. The van der Waals surface area contributed by atoms with Crippen LogP contribution >= 0.6 is 11.3 Å². The molecule has 2 N–H and O–H groups in total. The van der Waals surface area contributed by atoms with Gasteiger partial charge in [0.1, 0.15) is 4.88 Å². The lowest BCUT2D eigenvalue weighted by Crippen LogP contribution is -2.34. The molecule has 2 aromatic rings. The molecule has 1 amide bonds. The number of aromatic carboxylic acids is 1. The number of carbonyl (C=O) groups excluding carboxylic acids is 1. The molecular formula is C20H22N2O5S. The van der Waals surface area contributed by atoms with Crippen molar-refractivity contribution in [1.82, 2.24) is 4.98 Å². The van der Waals surface area contributed by atoms with Crippen molar-refractivity contribution >= 4 is 28.9 Å². The minimum Gasteiger partial charge on any atom is -0.477 e. The highest BCUT2D eigenvalue weighted by Gasteiger charge is 2.43. The SMILES string of the molecule is O=C(O)c1cnc(OCC[C@H]2CCC(=O)N2c2ccc(C3(CO)CC3)cc2)s1. The lowest BCUT2D eigenvalue weighted by atomic mass is 9.96. The largest absolute Gasteiger partial charge is 0.477 e. The summed E-state index contributed by atoms with van der Waals surface area (Å²) in [6, 6.07) is 8.00. The molecular weight excluding hydrogens is 380 g/mol. The Morgan fingerprint density at radius 3 is 2.68 bits per heavy atom. The molecule has 1 saturated heterocycles. The van der Waals surface area contributed by atoms with Gasteiger partial charge in [-0.05, 0) is 37.0 Å².